The van der Waals surface area contributed by atoms with Crippen molar-refractivity contribution in [2.75, 3.05) is 19.8 Å². The Labute approximate surface area is 133 Å². The third kappa shape index (κ3) is 2.41. The van der Waals surface area contributed by atoms with Crippen molar-refractivity contribution in [2.24, 2.45) is 17.3 Å². The molecule has 2 unspecified atom stereocenters. The average molecular weight is 323 g/mol. The van der Waals surface area contributed by atoms with Crippen LogP contribution in [0.1, 0.15) is 38.5 Å². The zero-order valence-corrected chi connectivity index (χ0v) is 13.0. The van der Waals surface area contributed by atoms with Crippen molar-refractivity contribution < 1.29 is 29.0 Å². The van der Waals surface area contributed by atoms with Gasteiger partial charge in [-0.25, -0.2) is 9.69 Å². The molecular weight excluding hydrogens is 302 g/mol. The fourth-order valence-electron chi connectivity index (χ4n) is 5.43. The van der Waals surface area contributed by atoms with Gasteiger partial charge in [0.05, 0.1) is 17.6 Å². The van der Waals surface area contributed by atoms with E-state index in [2.05, 4.69) is 0 Å². The summed E-state index contributed by atoms with van der Waals surface area (Å²) in [5.74, 6) is -0.202. The molecule has 5 rings (SSSR count). The van der Waals surface area contributed by atoms with Crippen LogP contribution in [0, 0.1) is 17.3 Å². The lowest BCUT2D eigenvalue weighted by Crippen LogP contribution is -2.58. The Morgan fingerprint density at radius 2 is 1.96 bits per heavy atom. The summed E-state index contributed by atoms with van der Waals surface area (Å²) in [6.45, 7) is -0.0629. The summed E-state index contributed by atoms with van der Waals surface area (Å²) in [6.07, 6.45) is 3.86. The normalized spacial score (nSPS) is 41.1. The minimum Gasteiger partial charge on any atom is -0.455 e. The Kier molecular flexibility index (Phi) is 3.20. The van der Waals surface area contributed by atoms with Gasteiger partial charge >= 0.3 is 12.1 Å². The summed E-state index contributed by atoms with van der Waals surface area (Å²) in [7, 11) is 0. The second-order valence-corrected chi connectivity index (χ2v) is 7.70. The summed E-state index contributed by atoms with van der Waals surface area (Å²) >= 11 is 0. The van der Waals surface area contributed by atoms with Gasteiger partial charge in [0.1, 0.15) is 6.61 Å². The highest BCUT2D eigenvalue weighted by Gasteiger charge is 2.61. The van der Waals surface area contributed by atoms with E-state index >= 15 is 0 Å². The topological polar surface area (TPSA) is 93.1 Å². The zero-order chi connectivity index (χ0) is 16.2. The van der Waals surface area contributed by atoms with E-state index in [1.165, 1.54) is 0 Å². The molecule has 0 aromatic carbocycles. The van der Waals surface area contributed by atoms with Crippen LogP contribution in [0.5, 0.6) is 0 Å². The first-order chi connectivity index (χ1) is 10.9. The summed E-state index contributed by atoms with van der Waals surface area (Å²) in [4.78, 5) is 36.9. The molecule has 4 bridgehead atoms. The lowest BCUT2D eigenvalue weighted by atomic mass is 9.48. The van der Waals surface area contributed by atoms with Crippen LogP contribution in [0.25, 0.3) is 0 Å². The van der Waals surface area contributed by atoms with Gasteiger partial charge in [-0.3, -0.25) is 9.59 Å². The Balaban J connectivity index is 1.41. The first kappa shape index (κ1) is 14.9. The third-order valence-electron chi connectivity index (χ3n) is 5.85. The number of hydrogen-bond acceptors (Lipinski definition) is 6. The first-order valence-electron chi connectivity index (χ1n) is 8.26. The van der Waals surface area contributed by atoms with Crippen molar-refractivity contribution in [3.8, 4) is 0 Å². The van der Waals surface area contributed by atoms with E-state index in [9.17, 15) is 19.5 Å². The van der Waals surface area contributed by atoms with Crippen molar-refractivity contribution in [3.05, 3.63) is 0 Å². The van der Waals surface area contributed by atoms with Crippen LogP contribution in [-0.2, 0) is 19.1 Å². The summed E-state index contributed by atoms with van der Waals surface area (Å²) in [6, 6.07) is 0. The average Bonchev–Trinajstić information content (AvgIpc) is 2.88. The predicted molar refractivity (Wildman–Crippen MR) is 76.1 cm³/mol. The fourth-order valence-corrected chi connectivity index (χ4v) is 5.43. The van der Waals surface area contributed by atoms with Gasteiger partial charge in [0.25, 0.3) is 5.91 Å². The number of rotatable bonds is 3. The standard InChI is InChI=1S/C16H21NO6/c18-12(17-1-2-22-14(17)20)8-23-13(19)15-4-10-3-11(5-15)7-16(21,6-10)9-15/h10-11,21H,1-9H2/t10-,11+,15?,16?. The Morgan fingerprint density at radius 3 is 2.52 bits per heavy atom. The molecule has 1 heterocycles. The van der Waals surface area contributed by atoms with Crippen LogP contribution in [-0.4, -0.2) is 53.3 Å². The van der Waals surface area contributed by atoms with Gasteiger partial charge in [-0.15, -0.1) is 0 Å². The quantitative estimate of drug-likeness (QED) is 0.774. The molecule has 1 aliphatic heterocycles. The number of nitrogens with zero attached hydrogens (tertiary/aromatic N) is 1. The van der Waals surface area contributed by atoms with E-state index in [1.807, 2.05) is 0 Å². The van der Waals surface area contributed by atoms with Crippen LogP contribution in [0.2, 0.25) is 0 Å². The highest BCUT2D eigenvalue weighted by Crippen LogP contribution is 2.61. The van der Waals surface area contributed by atoms with Gasteiger partial charge < -0.3 is 14.6 Å². The molecule has 0 radical (unpaired) electrons. The van der Waals surface area contributed by atoms with Gasteiger partial charge in [-0.1, -0.05) is 0 Å². The molecule has 1 saturated heterocycles. The van der Waals surface area contributed by atoms with E-state index in [1.54, 1.807) is 0 Å². The molecule has 0 spiro atoms. The molecule has 0 aromatic heterocycles. The highest BCUT2D eigenvalue weighted by molar-refractivity contribution is 5.94. The second-order valence-electron chi connectivity index (χ2n) is 7.70. The van der Waals surface area contributed by atoms with Gasteiger partial charge in [0, 0.05) is 0 Å². The number of hydrogen-bond donors (Lipinski definition) is 1. The monoisotopic (exact) mass is 323 g/mol. The van der Waals surface area contributed by atoms with E-state index in [0.29, 0.717) is 18.3 Å². The number of ether oxygens (including phenoxy) is 2. The van der Waals surface area contributed by atoms with Crippen molar-refractivity contribution in [2.45, 2.75) is 44.1 Å². The molecule has 126 valence electrons. The van der Waals surface area contributed by atoms with Crippen molar-refractivity contribution in [3.63, 3.8) is 0 Å². The summed E-state index contributed by atoms with van der Waals surface area (Å²) < 4.78 is 9.95. The lowest BCUT2D eigenvalue weighted by molar-refractivity contribution is -0.196. The number of esters is 1. The van der Waals surface area contributed by atoms with Gasteiger partial charge in [-0.2, -0.15) is 0 Å². The molecule has 7 nitrogen and oxygen atoms in total. The molecule has 4 saturated carbocycles. The third-order valence-corrected chi connectivity index (χ3v) is 5.85. The molecule has 5 fully saturated rings. The van der Waals surface area contributed by atoms with Crippen molar-refractivity contribution >= 4 is 18.0 Å². The molecule has 4 atom stereocenters. The number of amides is 2. The van der Waals surface area contributed by atoms with Crippen LogP contribution >= 0.6 is 0 Å². The molecule has 4 aliphatic carbocycles. The summed E-state index contributed by atoms with van der Waals surface area (Å²) in [5.41, 5.74) is -1.39. The fraction of sp³-hybridized carbons (Fsp3) is 0.812. The SMILES string of the molecule is O=C(COC(=O)C12C[C@@H]3C[C@@H](CC(O)(C3)C1)C2)N1CCOC1=O. The Hall–Kier alpha value is -1.63. The predicted octanol–water partition coefficient (Wildman–Crippen LogP) is 0.840. The smallest absolute Gasteiger partial charge is 0.416 e. The number of carbonyl (C=O) groups excluding carboxylic acids is 3. The van der Waals surface area contributed by atoms with E-state index in [0.717, 1.165) is 37.0 Å². The molecular formula is C16H21NO6. The number of carbonyl (C=O) groups is 3. The molecule has 5 aliphatic rings. The zero-order valence-electron chi connectivity index (χ0n) is 13.0. The minimum atomic E-state index is -0.744. The molecule has 0 aromatic rings. The largest absolute Gasteiger partial charge is 0.455 e. The summed E-state index contributed by atoms with van der Waals surface area (Å²) in [5, 5.41) is 10.7. The van der Waals surface area contributed by atoms with E-state index in [4.69, 9.17) is 9.47 Å². The van der Waals surface area contributed by atoms with Gasteiger partial charge in [-0.05, 0) is 50.4 Å². The number of aliphatic hydroxyl groups is 1. The van der Waals surface area contributed by atoms with Crippen LogP contribution in [0.3, 0.4) is 0 Å². The van der Waals surface area contributed by atoms with Crippen LogP contribution in [0.4, 0.5) is 4.79 Å². The van der Waals surface area contributed by atoms with Crippen molar-refractivity contribution in [1.29, 1.82) is 0 Å². The minimum absolute atomic E-state index is 0.179. The number of imide groups is 1. The Bertz CT molecular complexity index is 559. The molecule has 1 N–H and O–H groups in total. The molecule has 2 amide bonds. The second kappa shape index (κ2) is 4.93. The molecule has 7 heteroatoms. The number of cyclic esters (lactones) is 1. The van der Waals surface area contributed by atoms with E-state index < -0.39 is 35.6 Å². The first-order valence-corrected chi connectivity index (χ1v) is 8.26. The Morgan fingerprint density at radius 1 is 1.26 bits per heavy atom. The lowest BCUT2D eigenvalue weighted by Gasteiger charge is -2.58. The van der Waals surface area contributed by atoms with Gasteiger partial charge in [0.15, 0.2) is 6.61 Å². The maximum absolute atomic E-state index is 12.6. The van der Waals surface area contributed by atoms with Gasteiger partial charge in [0.2, 0.25) is 0 Å². The van der Waals surface area contributed by atoms with Crippen LogP contribution in [0.15, 0.2) is 0 Å². The van der Waals surface area contributed by atoms with Crippen molar-refractivity contribution in [1.82, 2.24) is 4.90 Å². The van der Waals surface area contributed by atoms with E-state index in [-0.39, 0.29) is 13.2 Å². The maximum Gasteiger partial charge on any atom is 0.416 e. The molecule has 23 heavy (non-hydrogen) atoms. The van der Waals surface area contributed by atoms with Crippen LogP contribution < -0.4 is 0 Å². The highest BCUT2D eigenvalue weighted by atomic mass is 16.6. The maximum atomic E-state index is 12.6.